The number of aryl methyl sites for hydroxylation is 1. The van der Waals surface area contributed by atoms with Crippen LogP contribution in [0.5, 0.6) is 0 Å². The van der Waals surface area contributed by atoms with Gasteiger partial charge in [0, 0.05) is 34.5 Å². The normalized spacial score (nSPS) is 10.6. The molecule has 0 radical (unpaired) electrons. The third-order valence-electron chi connectivity index (χ3n) is 5.32. The molecule has 1 heterocycles. The van der Waals surface area contributed by atoms with Gasteiger partial charge in [0.05, 0.1) is 0 Å². The largest absolute Gasteiger partial charge is 0.295 e. The van der Waals surface area contributed by atoms with Crippen LogP contribution in [0.15, 0.2) is 127 Å². The quantitative estimate of drug-likeness (QED) is 0.277. The van der Waals surface area contributed by atoms with E-state index in [4.69, 9.17) is 9.97 Å². The van der Waals surface area contributed by atoms with Crippen LogP contribution in [0.25, 0.3) is 0 Å². The van der Waals surface area contributed by atoms with Gasteiger partial charge < -0.3 is 0 Å². The predicted molar refractivity (Wildman–Crippen MR) is 136 cm³/mol. The second-order valence-corrected chi connectivity index (χ2v) is 7.68. The molecule has 4 aromatic carbocycles. The van der Waals surface area contributed by atoms with Gasteiger partial charge in [0.1, 0.15) is 5.82 Å². The first kappa shape index (κ1) is 20.5. The van der Waals surface area contributed by atoms with Gasteiger partial charge in [0.2, 0.25) is 5.95 Å². The van der Waals surface area contributed by atoms with Gasteiger partial charge in [-0.15, -0.1) is 0 Å². The summed E-state index contributed by atoms with van der Waals surface area (Å²) >= 11 is 0. The molecule has 0 aliphatic heterocycles. The molecule has 0 atom stereocenters. The maximum absolute atomic E-state index is 5.08. The van der Waals surface area contributed by atoms with Gasteiger partial charge in [-0.3, -0.25) is 9.80 Å². The van der Waals surface area contributed by atoms with Crippen molar-refractivity contribution < 1.29 is 0 Å². The Labute approximate surface area is 194 Å². The van der Waals surface area contributed by atoms with Crippen molar-refractivity contribution in [3.63, 3.8) is 0 Å². The SMILES string of the molecule is Cc1cc(N(c2ccccc2)c2ccccc2)nc(N(c2ccccc2)c2ccccc2)n1. The van der Waals surface area contributed by atoms with E-state index in [1.54, 1.807) is 0 Å². The third-order valence-corrected chi connectivity index (χ3v) is 5.32. The van der Waals surface area contributed by atoms with E-state index in [2.05, 4.69) is 58.3 Å². The summed E-state index contributed by atoms with van der Waals surface area (Å²) < 4.78 is 0. The van der Waals surface area contributed by atoms with E-state index in [-0.39, 0.29) is 0 Å². The Kier molecular flexibility index (Phi) is 5.81. The van der Waals surface area contributed by atoms with Crippen molar-refractivity contribution in [3.05, 3.63) is 133 Å². The molecule has 0 spiro atoms. The van der Waals surface area contributed by atoms with Crippen molar-refractivity contribution in [2.24, 2.45) is 0 Å². The lowest BCUT2D eigenvalue weighted by Crippen LogP contribution is -2.17. The second-order valence-electron chi connectivity index (χ2n) is 7.68. The fourth-order valence-electron chi connectivity index (χ4n) is 3.85. The summed E-state index contributed by atoms with van der Waals surface area (Å²) in [5.74, 6) is 1.44. The van der Waals surface area contributed by atoms with Crippen LogP contribution in [-0.4, -0.2) is 9.97 Å². The molecule has 0 amide bonds. The van der Waals surface area contributed by atoms with Crippen molar-refractivity contribution >= 4 is 34.5 Å². The van der Waals surface area contributed by atoms with Crippen molar-refractivity contribution in [2.45, 2.75) is 6.92 Å². The van der Waals surface area contributed by atoms with Crippen molar-refractivity contribution in [1.29, 1.82) is 0 Å². The molecule has 1 aromatic heterocycles. The summed E-state index contributed by atoms with van der Waals surface area (Å²) in [6.07, 6.45) is 0. The number of hydrogen-bond donors (Lipinski definition) is 0. The average Bonchev–Trinajstić information content (AvgIpc) is 2.87. The first-order chi connectivity index (χ1) is 16.3. The maximum atomic E-state index is 5.08. The Hall–Kier alpha value is -4.44. The predicted octanol–water partition coefficient (Wildman–Crippen LogP) is 7.72. The van der Waals surface area contributed by atoms with Crippen molar-refractivity contribution in [2.75, 3.05) is 9.80 Å². The molecule has 0 saturated heterocycles. The van der Waals surface area contributed by atoms with E-state index in [0.29, 0.717) is 5.95 Å². The topological polar surface area (TPSA) is 32.3 Å². The Morgan fingerprint density at radius 2 is 0.818 bits per heavy atom. The summed E-state index contributed by atoms with van der Waals surface area (Å²) in [5.41, 5.74) is 4.98. The molecule has 5 rings (SSSR count). The van der Waals surface area contributed by atoms with Gasteiger partial charge in [-0.2, -0.15) is 4.98 Å². The van der Waals surface area contributed by atoms with Crippen LogP contribution >= 0.6 is 0 Å². The minimum Gasteiger partial charge on any atom is -0.295 e. The molecule has 0 N–H and O–H groups in total. The summed E-state index contributed by atoms with van der Waals surface area (Å²) in [4.78, 5) is 14.2. The average molecular weight is 429 g/mol. The molecule has 0 aliphatic rings. The van der Waals surface area contributed by atoms with E-state index in [0.717, 1.165) is 34.3 Å². The summed E-state index contributed by atoms with van der Waals surface area (Å²) in [6.45, 7) is 2.01. The number of anilines is 6. The Morgan fingerprint density at radius 3 is 1.21 bits per heavy atom. The van der Waals surface area contributed by atoms with E-state index >= 15 is 0 Å². The first-order valence-electron chi connectivity index (χ1n) is 11.0. The Balaban J connectivity index is 1.69. The first-order valence-corrected chi connectivity index (χ1v) is 11.0. The molecule has 0 unspecified atom stereocenters. The standard InChI is InChI=1S/C29H24N4/c1-23-22-28(32(24-14-6-2-7-15-24)25-16-8-3-9-17-25)31-29(30-23)33(26-18-10-4-11-19-26)27-20-12-5-13-21-27/h2-22H,1H3. The highest BCUT2D eigenvalue weighted by Crippen LogP contribution is 2.37. The molecule has 0 aliphatic carbocycles. The van der Waals surface area contributed by atoms with Gasteiger partial charge in [0.25, 0.3) is 0 Å². The zero-order valence-corrected chi connectivity index (χ0v) is 18.4. The van der Waals surface area contributed by atoms with Crippen LogP contribution in [0.2, 0.25) is 0 Å². The van der Waals surface area contributed by atoms with Crippen LogP contribution in [0, 0.1) is 6.92 Å². The number of nitrogens with zero attached hydrogens (tertiary/aromatic N) is 4. The maximum Gasteiger partial charge on any atom is 0.236 e. The van der Waals surface area contributed by atoms with Gasteiger partial charge in [-0.05, 0) is 55.5 Å². The number of rotatable bonds is 6. The molecule has 33 heavy (non-hydrogen) atoms. The van der Waals surface area contributed by atoms with Gasteiger partial charge in [0.15, 0.2) is 0 Å². The highest BCUT2D eigenvalue weighted by molar-refractivity contribution is 5.77. The summed E-state index contributed by atoms with van der Waals surface area (Å²) in [7, 11) is 0. The van der Waals surface area contributed by atoms with E-state index < -0.39 is 0 Å². The highest BCUT2D eigenvalue weighted by Gasteiger charge is 2.20. The lowest BCUT2D eigenvalue weighted by molar-refractivity contribution is 1.02. The molecule has 0 saturated carbocycles. The lowest BCUT2D eigenvalue weighted by atomic mass is 10.2. The Morgan fingerprint density at radius 1 is 0.455 bits per heavy atom. The van der Waals surface area contributed by atoms with Crippen LogP contribution in [0.3, 0.4) is 0 Å². The zero-order valence-electron chi connectivity index (χ0n) is 18.4. The monoisotopic (exact) mass is 428 g/mol. The van der Waals surface area contributed by atoms with Crippen LogP contribution in [0.4, 0.5) is 34.5 Å². The molecule has 5 aromatic rings. The minimum atomic E-state index is 0.624. The van der Waals surface area contributed by atoms with Gasteiger partial charge in [-0.1, -0.05) is 72.8 Å². The summed E-state index contributed by atoms with van der Waals surface area (Å²) in [6, 6.07) is 43.1. The number of para-hydroxylation sites is 4. The molecule has 0 bridgehead atoms. The fraction of sp³-hybridized carbons (Fsp3) is 0.0345. The number of hydrogen-bond acceptors (Lipinski definition) is 4. The van der Waals surface area contributed by atoms with Crippen molar-refractivity contribution in [3.8, 4) is 0 Å². The number of aromatic nitrogens is 2. The molecule has 0 fully saturated rings. The number of benzene rings is 4. The van der Waals surface area contributed by atoms with Crippen LogP contribution < -0.4 is 9.80 Å². The minimum absolute atomic E-state index is 0.624. The fourth-order valence-corrected chi connectivity index (χ4v) is 3.85. The van der Waals surface area contributed by atoms with Crippen LogP contribution in [0.1, 0.15) is 5.69 Å². The highest BCUT2D eigenvalue weighted by atomic mass is 15.3. The smallest absolute Gasteiger partial charge is 0.236 e. The molecule has 4 nitrogen and oxygen atoms in total. The van der Waals surface area contributed by atoms with Gasteiger partial charge >= 0.3 is 0 Å². The zero-order chi connectivity index (χ0) is 22.5. The summed E-state index contributed by atoms with van der Waals surface area (Å²) in [5, 5.41) is 0. The van der Waals surface area contributed by atoms with Gasteiger partial charge in [-0.25, -0.2) is 4.98 Å². The lowest BCUT2D eigenvalue weighted by Gasteiger charge is -2.27. The van der Waals surface area contributed by atoms with E-state index in [1.165, 1.54) is 0 Å². The Bertz CT molecular complexity index is 1130. The second kappa shape index (κ2) is 9.37. The van der Waals surface area contributed by atoms with E-state index in [9.17, 15) is 0 Å². The molecular weight excluding hydrogens is 404 g/mol. The van der Waals surface area contributed by atoms with Crippen LogP contribution in [-0.2, 0) is 0 Å². The van der Waals surface area contributed by atoms with Crippen molar-refractivity contribution in [1.82, 2.24) is 9.97 Å². The molecular formula is C29H24N4. The third kappa shape index (κ3) is 4.46. The van der Waals surface area contributed by atoms with E-state index in [1.807, 2.05) is 85.8 Å². The molecule has 160 valence electrons. The molecule has 4 heteroatoms.